The lowest BCUT2D eigenvalue weighted by atomic mass is 9.91. The van der Waals surface area contributed by atoms with Crippen molar-refractivity contribution in [3.05, 3.63) is 77.3 Å². The molecule has 2 aromatic carbocycles. The Morgan fingerprint density at radius 2 is 1.85 bits per heavy atom. The number of carbonyl (C=O) groups is 1. The van der Waals surface area contributed by atoms with Crippen LogP contribution in [0.5, 0.6) is 5.75 Å². The van der Waals surface area contributed by atoms with Gasteiger partial charge in [0, 0.05) is 24.4 Å². The number of rotatable bonds is 7. The summed E-state index contributed by atoms with van der Waals surface area (Å²) in [7, 11) is 1.64. The number of methoxy groups -OCH3 is 1. The highest BCUT2D eigenvalue weighted by atomic mass is 16.5. The highest BCUT2D eigenvalue weighted by Crippen LogP contribution is 2.29. The Kier molecular flexibility index (Phi) is 6.49. The normalized spacial score (nSPS) is 11.4. The summed E-state index contributed by atoms with van der Waals surface area (Å²) in [6.45, 7) is 8.61. The summed E-state index contributed by atoms with van der Waals surface area (Å²) >= 11 is 0. The first-order valence-electron chi connectivity index (χ1n) is 11.2. The molecule has 176 valence electrons. The molecule has 0 fully saturated rings. The molecule has 0 radical (unpaired) electrons. The largest absolute Gasteiger partial charge is 0.497 e. The highest BCUT2D eigenvalue weighted by molar-refractivity contribution is 5.94. The van der Waals surface area contributed by atoms with Crippen molar-refractivity contribution in [1.82, 2.24) is 25.3 Å². The van der Waals surface area contributed by atoms with E-state index in [1.54, 1.807) is 20.1 Å². The predicted octanol–water partition coefficient (Wildman–Crippen LogP) is 4.51. The maximum absolute atomic E-state index is 12.8. The third-order valence-corrected chi connectivity index (χ3v) is 5.43. The van der Waals surface area contributed by atoms with Crippen molar-refractivity contribution in [2.45, 2.75) is 39.5 Å². The van der Waals surface area contributed by atoms with Gasteiger partial charge in [0.25, 0.3) is 11.8 Å². The van der Waals surface area contributed by atoms with Crippen LogP contribution in [0.15, 0.2) is 59.0 Å². The van der Waals surface area contributed by atoms with E-state index < -0.39 is 0 Å². The van der Waals surface area contributed by atoms with E-state index in [0.717, 1.165) is 29.1 Å². The summed E-state index contributed by atoms with van der Waals surface area (Å²) in [5.74, 6) is 1.53. The van der Waals surface area contributed by atoms with Crippen LogP contribution in [-0.2, 0) is 11.8 Å². The summed E-state index contributed by atoms with van der Waals surface area (Å²) in [5, 5.41) is 15.7. The Hall–Kier alpha value is -3.94. The first-order chi connectivity index (χ1) is 16.2. The summed E-state index contributed by atoms with van der Waals surface area (Å²) < 4.78 is 12.6. The Balaban J connectivity index is 1.53. The van der Waals surface area contributed by atoms with Crippen LogP contribution in [0.1, 0.15) is 48.3 Å². The van der Waals surface area contributed by atoms with E-state index >= 15 is 0 Å². The van der Waals surface area contributed by atoms with Crippen molar-refractivity contribution >= 4 is 5.91 Å². The topological polar surface area (TPSA) is 95.1 Å². The highest BCUT2D eigenvalue weighted by Gasteiger charge is 2.24. The minimum absolute atomic E-state index is 0.132. The molecule has 2 heterocycles. The SMILES string of the molecule is COc1ccc(CCNC(=O)c2cccc(-n3nc(-c4nnc(C)o4)cc3C(C)(C)C)c2)cc1. The Morgan fingerprint density at radius 3 is 2.50 bits per heavy atom. The molecule has 0 saturated heterocycles. The summed E-state index contributed by atoms with van der Waals surface area (Å²) in [6.07, 6.45) is 0.732. The smallest absolute Gasteiger partial charge is 0.268 e. The molecule has 4 aromatic rings. The van der Waals surface area contributed by atoms with E-state index in [2.05, 4.69) is 36.3 Å². The lowest BCUT2D eigenvalue weighted by Gasteiger charge is -2.20. The van der Waals surface area contributed by atoms with Crippen molar-refractivity contribution < 1.29 is 13.9 Å². The van der Waals surface area contributed by atoms with Gasteiger partial charge in [-0.05, 0) is 48.4 Å². The van der Waals surface area contributed by atoms with E-state index in [9.17, 15) is 4.79 Å². The molecule has 0 saturated carbocycles. The number of nitrogens with one attached hydrogen (secondary N) is 1. The first-order valence-corrected chi connectivity index (χ1v) is 11.2. The molecule has 8 heteroatoms. The number of hydrogen-bond donors (Lipinski definition) is 1. The molecule has 8 nitrogen and oxygen atoms in total. The van der Waals surface area contributed by atoms with E-state index in [1.807, 2.05) is 53.2 Å². The molecular formula is C26H29N5O3. The molecule has 4 rings (SSSR count). The number of amides is 1. The number of carbonyl (C=O) groups excluding carboxylic acids is 1. The lowest BCUT2D eigenvalue weighted by molar-refractivity contribution is 0.0954. The van der Waals surface area contributed by atoms with E-state index in [0.29, 0.717) is 29.6 Å². The van der Waals surface area contributed by atoms with Crippen LogP contribution in [0, 0.1) is 6.92 Å². The Morgan fingerprint density at radius 1 is 1.09 bits per heavy atom. The van der Waals surface area contributed by atoms with Crippen molar-refractivity contribution in [2.75, 3.05) is 13.7 Å². The van der Waals surface area contributed by atoms with Crippen molar-refractivity contribution in [3.8, 4) is 23.0 Å². The van der Waals surface area contributed by atoms with Crippen molar-refractivity contribution in [1.29, 1.82) is 0 Å². The van der Waals surface area contributed by atoms with Gasteiger partial charge in [-0.15, -0.1) is 10.2 Å². The zero-order valence-corrected chi connectivity index (χ0v) is 20.1. The number of nitrogens with zero attached hydrogens (tertiary/aromatic N) is 4. The third kappa shape index (κ3) is 5.17. The van der Waals surface area contributed by atoms with Crippen LogP contribution < -0.4 is 10.1 Å². The summed E-state index contributed by atoms with van der Waals surface area (Å²) in [6, 6.07) is 17.2. The van der Waals surface area contributed by atoms with Crippen LogP contribution in [0.25, 0.3) is 17.3 Å². The molecule has 2 aromatic heterocycles. The van der Waals surface area contributed by atoms with Crippen molar-refractivity contribution in [3.63, 3.8) is 0 Å². The average Bonchev–Trinajstić information content (AvgIpc) is 3.46. The van der Waals surface area contributed by atoms with Gasteiger partial charge >= 0.3 is 0 Å². The van der Waals surface area contributed by atoms with E-state index in [-0.39, 0.29) is 11.3 Å². The molecule has 0 aliphatic rings. The van der Waals surface area contributed by atoms with Gasteiger partial charge in [0.05, 0.1) is 18.5 Å². The molecule has 0 unspecified atom stereocenters. The maximum Gasteiger partial charge on any atom is 0.268 e. The molecular weight excluding hydrogens is 430 g/mol. The van der Waals surface area contributed by atoms with Crippen LogP contribution >= 0.6 is 0 Å². The second-order valence-corrected chi connectivity index (χ2v) is 9.11. The van der Waals surface area contributed by atoms with Gasteiger partial charge in [-0.1, -0.05) is 39.0 Å². The lowest BCUT2D eigenvalue weighted by Crippen LogP contribution is -2.26. The zero-order chi connectivity index (χ0) is 24.3. The molecule has 0 atom stereocenters. The van der Waals surface area contributed by atoms with Gasteiger partial charge in [-0.3, -0.25) is 4.79 Å². The number of ether oxygens (including phenoxy) is 1. The van der Waals surface area contributed by atoms with Gasteiger partial charge in [-0.2, -0.15) is 5.10 Å². The van der Waals surface area contributed by atoms with Crippen LogP contribution in [-0.4, -0.2) is 39.5 Å². The van der Waals surface area contributed by atoms with Crippen molar-refractivity contribution in [2.24, 2.45) is 0 Å². The van der Waals surface area contributed by atoms with Gasteiger partial charge < -0.3 is 14.5 Å². The molecule has 34 heavy (non-hydrogen) atoms. The molecule has 0 aliphatic heterocycles. The second-order valence-electron chi connectivity index (χ2n) is 9.11. The number of hydrogen-bond acceptors (Lipinski definition) is 6. The quantitative estimate of drug-likeness (QED) is 0.437. The fourth-order valence-corrected chi connectivity index (χ4v) is 3.61. The monoisotopic (exact) mass is 459 g/mol. The van der Waals surface area contributed by atoms with Crippen LogP contribution in [0.2, 0.25) is 0 Å². The predicted molar refractivity (Wildman–Crippen MR) is 129 cm³/mol. The number of benzene rings is 2. The minimum atomic E-state index is -0.197. The molecule has 0 bridgehead atoms. The maximum atomic E-state index is 12.8. The summed E-state index contributed by atoms with van der Waals surface area (Å²) in [5.41, 5.74) is 3.85. The summed E-state index contributed by atoms with van der Waals surface area (Å²) in [4.78, 5) is 12.8. The van der Waals surface area contributed by atoms with Gasteiger partial charge in [0.2, 0.25) is 5.89 Å². The molecule has 1 N–H and O–H groups in total. The third-order valence-electron chi connectivity index (χ3n) is 5.43. The van der Waals surface area contributed by atoms with Gasteiger partial charge in [0.15, 0.2) is 0 Å². The standard InChI is InChI=1S/C26H29N5O3/c1-17-28-29-25(34-17)22-16-23(26(2,3)4)31(30-22)20-8-6-7-19(15-20)24(32)27-14-13-18-9-11-21(33-5)12-10-18/h6-12,15-16H,13-14H2,1-5H3,(H,27,32). The minimum Gasteiger partial charge on any atom is -0.497 e. The fourth-order valence-electron chi connectivity index (χ4n) is 3.61. The first kappa shape index (κ1) is 23.2. The van der Waals surface area contributed by atoms with E-state index in [1.165, 1.54) is 0 Å². The Labute approximate surface area is 199 Å². The van der Waals surface area contributed by atoms with Gasteiger partial charge in [-0.25, -0.2) is 4.68 Å². The van der Waals surface area contributed by atoms with Gasteiger partial charge in [0.1, 0.15) is 11.4 Å². The van der Waals surface area contributed by atoms with E-state index in [4.69, 9.17) is 14.3 Å². The number of aromatic nitrogens is 4. The molecule has 1 amide bonds. The van der Waals surface area contributed by atoms with Crippen LogP contribution in [0.4, 0.5) is 0 Å². The average molecular weight is 460 g/mol. The fraction of sp³-hybridized carbons (Fsp3) is 0.308. The zero-order valence-electron chi connectivity index (χ0n) is 20.1. The Bertz CT molecular complexity index is 1280. The molecule has 0 aliphatic carbocycles. The van der Waals surface area contributed by atoms with Crippen LogP contribution in [0.3, 0.4) is 0 Å². The molecule has 0 spiro atoms. The number of aryl methyl sites for hydroxylation is 1. The second kappa shape index (κ2) is 9.51.